The summed E-state index contributed by atoms with van der Waals surface area (Å²) in [5.74, 6) is 1.53. The number of aryl methyl sites for hydroxylation is 1. The van der Waals surface area contributed by atoms with Gasteiger partial charge in [-0.3, -0.25) is 4.79 Å². The first-order valence-corrected chi connectivity index (χ1v) is 12.0. The lowest BCUT2D eigenvalue weighted by Gasteiger charge is -2.31. The Kier molecular flexibility index (Phi) is 8.15. The van der Waals surface area contributed by atoms with Gasteiger partial charge in [-0.15, -0.1) is 0 Å². The van der Waals surface area contributed by atoms with E-state index < -0.39 is 0 Å². The maximum atomic E-state index is 12.9. The van der Waals surface area contributed by atoms with Gasteiger partial charge in [0.1, 0.15) is 5.75 Å². The number of rotatable bonds is 7. The molecular weight excluding hydrogens is 427 g/mol. The quantitative estimate of drug-likeness (QED) is 0.405. The summed E-state index contributed by atoms with van der Waals surface area (Å²) in [4.78, 5) is 12.9. The molecule has 2 nitrogen and oxygen atoms in total. The fraction of sp³-hybridized carbons (Fsp3) is 0.593. The summed E-state index contributed by atoms with van der Waals surface area (Å²) in [6.45, 7) is 20.2. The second-order valence-electron chi connectivity index (χ2n) is 11.2. The maximum Gasteiger partial charge on any atom is 0.161 e. The third-order valence-electron chi connectivity index (χ3n) is 5.58. The Bertz CT molecular complexity index is 871. The predicted molar refractivity (Wildman–Crippen MR) is 134 cm³/mol. The maximum absolute atomic E-state index is 12.9. The highest BCUT2D eigenvalue weighted by molar-refractivity contribution is 6.46. The molecule has 0 radical (unpaired) electrons. The molecule has 0 spiro atoms. The summed E-state index contributed by atoms with van der Waals surface area (Å²) in [6, 6.07) is 4.44. The zero-order chi connectivity index (χ0) is 23.7. The van der Waals surface area contributed by atoms with Gasteiger partial charge in [0.15, 0.2) is 5.78 Å². The molecule has 2 rings (SSSR count). The van der Waals surface area contributed by atoms with E-state index in [1.807, 2.05) is 6.92 Å². The summed E-state index contributed by atoms with van der Waals surface area (Å²) in [5, 5.41) is 0.953. The number of hydrogen-bond donors (Lipinski definition) is 0. The average Bonchev–Trinajstić information content (AvgIpc) is 2.90. The summed E-state index contributed by atoms with van der Waals surface area (Å²) in [7, 11) is 0. The van der Waals surface area contributed by atoms with Crippen molar-refractivity contribution in [2.45, 2.75) is 92.4 Å². The molecule has 0 saturated carbocycles. The third-order valence-corrected chi connectivity index (χ3v) is 6.60. The predicted octanol–water partition coefficient (Wildman–Crippen LogP) is 8.23. The van der Waals surface area contributed by atoms with Crippen LogP contribution in [-0.4, -0.2) is 12.4 Å². The molecule has 0 fully saturated rings. The van der Waals surface area contributed by atoms with E-state index >= 15 is 0 Å². The van der Waals surface area contributed by atoms with Crippen LogP contribution in [-0.2, 0) is 22.0 Å². The SMILES string of the molecule is CC1=C(Cl)C(Cl)=C(C(=O)CCc2cc(C(C)(C)C)c(OCC(C)C)c(C(C)(C)C)c2)C1. The molecule has 0 atom stereocenters. The third kappa shape index (κ3) is 6.39. The van der Waals surface area contributed by atoms with Gasteiger partial charge in [0.05, 0.1) is 16.7 Å². The van der Waals surface area contributed by atoms with E-state index in [1.54, 1.807) is 0 Å². The van der Waals surface area contributed by atoms with Gasteiger partial charge in [-0.2, -0.15) is 0 Å². The summed E-state index contributed by atoms with van der Waals surface area (Å²) >= 11 is 12.5. The van der Waals surface area contributed by atoms with Gasteiger partial charge >= 0.3 is 0 Å². The summed E-state index contributed by atoms with van der Waals surface area (Å²) in [6.07, 6.45) is 1.64. The van der Waals surface area contributed by atoms with Crippen LogP contribution in [0.2, 0.25) is 0 Å². The fourth-order valence-corrected chi connectivity index (χ4v) is 4.24. The van der Waals surface area contributed by atoms with E-state index in [9.17, 15) is 4.79 Å². The highest BCUT2D eigenvalue weighted by Crippen LogP contribution is 2.42. The van der Waals surface area contributed by atoms with Crippen molar-refractivity contribution in [2.24, 2.45) is 5.92 Å². The summed E-state index contributed by atoms with van der Waals surface area (Å²) in [5.41, 5.74) is 5.02. The van der Waals surface area contributed by atoms with Crippen molar-refractivity contribution in [3.05, 3.63) is 50.0 Å². The minimum Gasteiger partial charge on any atom is -0.493 e. The first kappa shape index (κ1) is 26.0. The van der Waals surface area contributed by atoms with Crippen LogP contribution < -0.4 is 4.74 Å². The Morgan fingerprint density at radius 1 is 1.00 bits per heavy atom. The molecule has 31 heavy (non-hydrogen) atoms. The molecule has 172 valence electrons. The molecule has 1 aliphatic carbocycles. The lowest BCUT2D eigenvalue weighted by Crippen LogP contribution is -2.21. The van der Waals surface area contributed by atoms with Gasteiger partial charge in [-0.1, -0.05) is 90.7 Å². The van der Waals surface area contributed by atoms with Crippen LogP contribution in [0.5, 0.6) is 5.75 Å². The Balaban J connectivity index is 2.39. The molecule has 1 aromatic rings. The Morgan fingerprint density at radius 2 is 1.52 bits per heavy atom. The lowest BCUT2D eigenvalue weighted by atomic mass is 9.78. The average molecular weight is 466 g/mol. The number of allylic oxidation sites excluding steroid dienone is 4. The Labute approximate surface area is 199 Å². The van der Waals surface area contributed by atoms with E-state index in [0.717, 1.165) is 16.9 Å². The first-order valence-electron chi connectivity index (χ1n) is 11.2. The largest absolute Gasteiger partial charge is 0.493 e. The van der Waals surface area contributed by atoms with Crippen molar-refractivity contribution >= 4 is 29.0 Å². The van der Waals surface area contributed by atoms with Crippen LogP contribution in [0.15, 0.2) is 33.3 Å². The molecule has 0 amide bonds. The monoisotopic (exact) mass is 464 g/mol. The van der Waals surface area contributed by atoms with Crippen molar-refractivity contribution < 1.29 is 9.53 Å². The summed E-state index contributed by atoms with van der Waals surface area (Å²) < 4.78 is 6.37. The number of hydrogen-bond acceptors (Lipinski definition) is 2. The van der Waals surface area contributed by atoms with E-state index in [-0.39, 0.29) is 16.6 Å². The number of carbonyl (C=O) groups excluding carboxylic acids is 1. The van der Waals surface area contributed by atoms with Crippen LogP contribution >= 0.6 is 23.2 Å². The smallest absolute Gasteiger partial charge is 0.161 e. The van der Waals surface area contributed by atoms with E-state index in [4.69, 9.17) is 27.9 Å². The topological polar surface area (TPSA) is 26.3 Å². The number of ether oxygens (including phenoxy) is 1. The van der Waals surface area contributed by atoms with Crippen molar-refractivity contribution in [1.82, 2.24) is 0 Å². The second-order valence-corrected chi connectivity index (χ2v) is 12.0. The van der Waals surface area contributed by atoms with E-state index in [2.05, 4.69) is 67.5 Å². The van der Waals surface area contributed by atoms with E-state index in [0.29, 0.717) is 47.4 Å². The molecule has 0 saturated heterocycles. The van der Waals surface area contributed by atoms with Gasteiger partial charge in [0.25, 0.3) is 0 Å². The zero-order valence-electron chi connectivity index (χ0n) is 20.6. The standard InChI is InChI=1S/C27H38Cl2O2/c1-16(2)15-31-25-20(26(4,5)6)13-18(14-21(25)27(7,8)9)10-11-22(30)19-12-17(3)23(28)24(19)29/h13-14,16H,10-12,15H2,1-9H3. The first-order chi connectivity index (χ1) is 14.1. The highest BCUT2D eigenvalue weighted by atomic mass is 35.5. The number of carbonyl (C=O) groups is 1. The minimum absolute atomic E-state index is 0.0713. The van der Waals surface area contributed by atoms with Crippen molar-refractivity contribution in [1.29, 1.82) is 0 Å². The number of ketones is 1. The van der Waals surface area contributed by atoms with Crippen LogP contribution in [0.4, 0.5) is 0 Å². The highest BCUT2D eigenvalue weighted by Gasteiger charge is 2.29. The van der Waals surface area contributed by atoms with Crippen molar-refractivity contribution in [3.63, 3.8) is 0 Å². The molecule has 0 aliphatic heterocycles. The molecule has 0 bridgehead atoms. The molecule has 0 unspecified atom stereocenters. The number of Topliss-reactive ketones (excluding diaryl/α,β-unsaturated/α-hetero) is 1. The van der Waals surface area contributed by atoms with Crippen LogP contribution in [0.3, 0.4) is 0 Å². The van der Waals surface area contributed by atoms with Gasteiger partial charge < -0.3 is 4.74 Å². The molecule has 0 N–H and O–H groups in total. The van der Waals surface area contributed by atoms with Crippen LogP contribution in [0, 0.1) is 5.92 Å². The molecule has 1 aromatic carbocycles. The fourth-order valence-electron chi connectivity index (χ4n) is 3.72. The van der Waals surface area contributed by atoms with Gasteiger partial charge in [0, 0.05) is 23.1 Å². The van der Waals surface area contributed by atoms with Crippen molar-refractivity contribution in [2.75, 3.05) is 6.61 Å². The van der Waals surface area contributed by atoms with Gasteiger partial charge in [0.2, 0.25) is 0 Å². The minimum atomic E-state index is -0.0713. The number of benzene rings is 1. The second kappa shape index (κ2) is 9.71. The molecule has 0 aromatic heterocycles. The van der Waals surface area contributed by atoms with Gasteiger partial charge in [-0.05, 0) is 47.6 Å². The Morgan fingerprint density at radius 3 is 1.90 bits per heavy atom. The number of halogens is 2. The van der Waals surface area contributed by atoms with Crippen LogP contribution in [0.1, 0.15) is 91.8 Å². The van der Waals surface area contributed by atoms with E-state index in [1.165, 1.54) is 11.1 Å². The van der Waals surface area contributed by atoms with Crippen LogP contribution in [0.25, 0.3) is 0 Å². The van der Waals surface area contributed by atoms with Gasteiger partial charge in [-0.25, -0.2) is 0 Å². The molecular formula is C27H38Cl2O2. The Hall–Kier alpha value is -1.25. The van der Waals surface area contributed by atoms with Crippen molar-refractivity contribution in [3.8, 4) is 5.75 Å². The molecule has 0 heterocycles. The lowest BCUT2D eigenvalue weighted by molar-refractivity contribution is -0.115. The molecule has 4 heteroatoms. The molecule has 1 aliphatic rings. The zero-order valence-corrected chi connectivity index (χ0v) is 22.1. The normalized spacial score (nSPS) is 15.4.